The minimum atomic E-state index is -1.89. The first-order chi connectivity index (χ1) is 23.5. The summed E-state index contributed by atoms with van der Waals surface area (Å²) in [5, 5.41) is 21.7. The Morgan fingerprint density at radius 2 is 1.64 bits per heavy atom. The second-order valence-corrected chi connectivity index (χ2v) is 11.6. The average molecular weight is 714 g/mol. The molecule has 5 rings (SSSR count). The van der Waals surface area contributed by atoms with Crippen LogP contribution in [0.1, 0.15) is 48.9 Å². The van der Waals surface area contributed by atoms with E-state index in [1.165, 1.54) is 0 Å². The number of nitrogens with one attached hydrogen (secondary N) is 4. The third-order valence-electron chi connectivity index (χ3n) is 8.57. The van der Waals surface area contributed by atoms with Gasteiger partial charge in [-0.05, 0) is 49.1 Å². The summed E-state index contributed by atoms with van der Waals surface area (Å²) in [7, 11) is 0. The Morgan fingerprint density at radius 3 is 2.28 bits per heavy atom. The molecule has 2 aliphatic rings. The van der Waals surface area contributed by atoms with Crippen LogP contribution in [0.2, 0.25) is 0 Å². The van der Waals surface area contributed by atoms with Gasteiger partial charge in [-0.3, -0.25) is 24.0 Å². The Bertz CT molecular complexity index is 1900. The lowest BCUT2D eigenvalue weighted by molar-refractivity contribution is -0.172. The second-order valence-electron chi connectivity index (χ2n) is 11.6. The van der Waals surface area contributed by atoms with Gasteiger partial charge in [-0.1, -0.05) is 13.8 Å². The van der Waals surface area contributed by atoms with Crippen LogP contribution >= 0.6 is 12.4 Å². The maximum Gasteiger partial charge on any atom is 0.343 e. The summed E-state index contributed by atoms with van der Waals surface area (Å²) in [6.07, 6.45) is 1.22. The van der Waals surface area contributed by atoms with Gasteiger partial charge in [-0.15, -0.1) is 12.4 Å². The number of carbonyl (C=O) groups is 5. The number of aliphatic hydroxyl groups is 1. The molecule has 17 heteroatoms. The number of hydrogen-bond acceptors (Lipinski definition) is 11. The fourth-order valence-electron chi connectivity index (χ4n) is 5.92. The van der Waals surface area contributed by atoms with Gasteiger partial charge in [0.25, 0.3) is 5.56 Å². The van der Waals surface area contributed by atoms with Crippen molar-refractivity contribution in [2.45, 2.75) is 51.9 Å². The standard InChI is InChI=1S/C33H39N7O9.ClH/c1-3-19-20-10-18(48-9-5-8-35-27(42)13-37-29(44)15-38-28(43)14-36-26(41)12-34)6-7-24(20)39-30-21(19)16-40-25(30)11-23-22(31(40)45)17-49-32(46)33(23,47)4-2;/h6-7,10-11,47H,3-5,8-9,12-17,34H2,1-2H3,(H,35,42)(H,36,41)(H,37,44)(H,38,43);1H/t33-;/m0./s1. The van der Waals surface area contributed by atoms with E-state index in [-0.39, 0.29) is 68.3 Å². The summed E-state index contributed by atoms with van der Waals surface area (Å²) in [5.41, 5.74) is 7.27. The number of pyridine rings is 2. The molecule has 4 amide bonds. The molecule has 7 N–H and O–H groups in total. The van der Waals surface area contributed by atoms with Crippen molar-refractivity contribution in [2.75, 3.05) is 39.3 Å². The van der Waals surface area contributed by atoms with Gasteiger partial charge in [0.05, 0.1) is 61.8 Å². The normalized spacial score (nSPS) is 15.5. The van der Waals surface area contributed by atoms with Crippen molar-refractivity contribution < 1.29 is 38.6 Å². The lowest BCUT2D eigenvalue weighted by Crippen LogP contribution is -2.45. The molecule has 2 aliphatic heterocycles. The molecular weight excluding hydrogens is 674 g/mol. The molecule has 0 radical (unpaired) electrons. The third-order valence-corrected chi connectivity index (χ3v) is 8.57. The number of nitrogens with zero attached hydrogens (tertiary/aromatic N) is 2. The average Bonchev–Trinajstić information content (AvgIpc) is 3.47. The number of carbonyl (C=O) groups excluding carboxylic acids is 5. The number of amides is 4. The van der Waals surface area contributed by atoms with E-state index in [9.17, 15) is 33.9 Å². The van der Waals surface area contributed by atoms with Crippen LogP contribution in [0.15, 0.2) is 29.1 Å². The van der Waals surface area contributed by atoms with Crippen LogP contribution in [-0.2, 0) is 53.9 Å². The molecule has 1 aromatic carbocycles. The predicted octanol–water partition coefficient (Wildman–Crippen LogP) is -0.744. The zero-order valence-corrected chi connectivity index (χ0v) is 28.5. The molecule has 0 aliphatic carbocycles. The fraction of sp³-hybridized carbons (Fsp3) is 0.424. The van der Waals surface area contributed by atoms with Gasteiger partial charge in [-0.2, -0.15) is 0 Å². The lowest BCUT2D eigenvalue weighted by atomic mass is 9.86. The molecular formula is C33H40ClN7O9. The predicted molar refractivity (Wildman–Crippen MR) is 182 cm³/mol. The van der Waals surface area contributed by atoms with Gasteiger partial charge in [0.15, 0.2) is 5.60 Å². The number of esters is 1. The summed E-state index contributed by atoms with van der Waals surface area (Å²) in [5.74, 6) is -2.20. The molecule has 0 fully saturated rings. The number of ether oxygens (including phenoxy) is 2. The number of aromatic nitrogens is 2. The zero-order valence-electron chi connectivity index (χ0n) is 27.7. The fourth-order valence-corrected chi connectivity index (χ4v) is 5.92. The third kappa shape index (κ3) is 7.72. The van der Waals surface area contributed by atoms with E-state index >= 15 is 0 Å². The maximum atomic E-state index is 13.5. The van der Waals surface area contributed by atoms with Crippen molar-refractivity contribution in [2.24, 2.45) is 5.73 Å². The molecule has 2 aromatic heterocycles. The highest BCUT2D eigenvalue weighted by atomic mass is 35.5. The lowest BCUT2D eigenvalue weighted by Gasteiger charge is -2.31. The molecule has 4 heterocycles. The van der Waals surface area contributed by atoms with E-state index in [4.69, 9.17) is 20.2 Å². The molecule has 1 atom stereocenters. The zero-order chi connectivity index (χ0) is 35.3. The van der Waals surface area contributed by atoms with Crippen molar-refractivity contribution in [3.63, 3.8) is 0 Å². The second kappa shape index (κ2) is 16.1. The summed E-state index contributed by atoms with van der Waals surface area (Å²) in [6.45, 7) is 3.22. The molecule has 0 saturated heterocycles. The van der Waals surface area contributed by atoms with E-state index in [2.05, 4.69) is 21.3 Å². The van der Waals surface area contributed by atoms with Crippen molar-refractivity contribution >= 4 is 52.9 Å². The van der Waals surface area contributed by atoms with Crippen LogP contribution in [0.5, 0.6) is 5.75 Å². The Kier molecular flexibility index (Phi) is 12.2. The molecule has 268 valence electrons. The number of cyclic esters (lactones) is 1. The SMILES string of the molecule is CCc1c2c(nc3ccc(OCCCNC(=O)CNC(=O)CNC(=O)CNC(=O)CN)cc13)-c1cc3c(c(=O)n1C2)COC(=O)[C@]3(O)CC.Cl. The van der Waals surface area contributed by atoms with Gasteiger partial charge >= 0.3 is 5.97 Å². The van der Waals surface area contributed by atoms with Crippen LogP contribution in [0, 0.1) is 0 Å². The van der Waals surface area contributed by atoms with Crippen molar-refractivity contribution in [1.82, 2.24) is 30.8 Å². The number of benzene rings is 1. The van der Waals surface area contributed by atoms with Crippen LogP contribution < -0.4 is 37.3 Å². The highest BCUT2D eigenvalue weighted by molar-refractivity contribution is 5.91. The van der Waals surface area contributed by atoms with Crippen molar-refractivity contribution in [3.8, 4) is 17.1 Å². The number of aryl methyl sites for hydroxylation is 1. The summed E-state index contributed by atoms with van der Waals surface area (Å²) < 4.78 is 12.7. The quantitative estimate of drug-likeness (QED) is 0.0703. The van der Waals surface area contributed by atoms with E-state index in [0.717, 1.165) is 16.5 Å². The maximum absolute atomic E-state index is 13.5. The first-order valence-electron chi connectivity index (χ1n) is 16.0. The van der Waals surface area contributed by atoms with Crippen molar-refractivity contribution in [1.29, 1.82) is 0 Å². The summed E-state index contributed by atoms with van der Waals surface area (Å²) >= 11 is 0. The summed E-state index contributed by atoms with van der Waals surface area (Å²) in [4.78, 5) is 77.6. The van der Waals surface area contributed by atoms with Gasteiger partial charge in [0, 0.05) is 23.1 Å². The smallest absolute Gasteiger partial charge is 0.343 e. The number of hydrogen-bond donors (Lipinski definition) is 6. The van der Waals surface area contributed by atoms with E-state index < -0.39 is 35.2 Å². The first-order valence-corrected chi connectivity index (χ1v) is 16.0. The van der Waals surface area contributed by atoms with Crippen LogP contribution in [-0.4, -0.2) is 83.6 Å². The first kappa shape index (κ1) is 37.8. The number of fused-ring (bicyclic) bond motifs is 5. The minimum absolute atomic E-state index is 0. The van der Waals surface area contributed by atoms with E-state index in [0.29, 0.717) is 55.2 Å². The van der Waals surface area contributed by atoms with Gasteiger partial charge in [0.2, 0.25) is 23.6 Å². The Hall–Kier alpha value is -5.06. The molecule has 16 nitrogen and oxygen atoms in total. The Balaban J connectivity index is 0.00000562. The number of rotatable bonds is 14. The number of nitrogens with two attached hydrogens (primary N) is 1. The molecule has 0 saturated carbocycles. The Morgan fingerprint density at radius 1 is 0.980 bits per heavy atom. The van der Waals surface area contributed by atoms with Gasteiger partial charge in [0.1, 0.15) is 12.4 Å². The largest absolute Gasteiger partial charge is 0.494 e. The van der Waals surface area contributed by atoms with E-state index in [1.54, 1.807) is 23.6 Å². The highest BCUT2D eigenvalue weighted by Crippen LogP contribution is 2.40. The van der Waals surface area contributed by atoms with Crippen LogP contribution in [0.3, 0.4) is 0 Å². The molecule has 0 bridgehead atoms. The molecule has 0 unspecified atom stereocenters. The van der Waals surface area contributed by atoms with Crippen molar-refractivity contribution in [3.05, 3.63) is 56.9 Å². The Labute approximate surface area is 292 Å². The molecule has 3 aromatic rings. The van der Waals surface area contributed by atoms with Crippen LogP contribution in [0.25, 0.3) is 22.3 Å². The topological polar surface area (TPSA) is 233 Å². The minimum Gasteiger partial charge on any atom is -0.494 e. The van der Waals surface area contributed by atoms with Crippen LogP contribution in [0.4, 0.5) is 0 Å². The highest BCUT2D eigenvalue weighted by Gasteiger charge is 2.45. The molecule has 50 heavy (non-hydrogen) atoms. The summed E-state index contributed by atoms with van der Waals surface area (Å²) in [6, 6.07) is 7.23. The monoisotopic (exact) mass is 713 g/mol. The number of halogens is 1. The van der Waals surface area contributed by atoms with Gasteiger partial charge in [-0.25, -0.2) is 9.78 Å². The van der Waals surface area contributed by atoms with Gasteiger partial charge < -0.3 is 46.1 Å². The van der Waals surface area contributed by atoms with E-state index in [1.807, 2.05) is 19.1 Å². The molecule has 0 spiro atoms.